The number of carbonyl (C=O) groups excluding carboxylic acids is 1. The van der Waals surface area contributed by atoms with Crippen molar-refractivity contribution in [1.29, 1.82) is 0 Å². The van der Waals surface area contributed by atoms with E-state index in [1.54, 1.807) is 24.4 Å². The lowest BCUT2D eigenvalue weighted by Gasteiger charge is -2.06. The Kier molecular flexibility index (Phi) is 3.57. The number of pyridine rings is 1. The van der Waals surface area contributed by atoms with Crippen LogP contribution in [0.2, 0.25) is 0 Å². The van der Waals surface area contributed by atoms with Crippen LogP contribution in [0.25, 0.3) is 22.8 Å². The zero-order chi connectivity index (χ0) is 16.6. The number of primary amides is 1. The molecular weight excluding hydrogens is 296 g/mol. The lowest BCUT2D eigenvalue weighted by atomic mass is 10.1. The van der Waals surface area contributed by atoms with Gasteiger partial charge in [-0.3, -0.25) is 9.78 Å². The topological polar surface area (TPSA) is 126 Å². The van der Waals surface area contributed by atoms with Gasteiger partial charge in [0.2, 0.25) is 0 Å². The maximum Gasteiger partial charge on any atom is 0.254 e. The van der Waals surface area contributed by atoms with Gasteiger partial charge in [-0.15, -0.1) is 0 Å². The Morgan fingerprint density at radius 1 is 1.30 bits per heavy atom. The summed E-state index contributed by atoms with van der Waals surface area (Å²) in [6.07, 6.45) is 1.65. The third kappa shape index (κ3) is 2.54. The minimum absolute atomic E-state index is 0.0241. The quantitative estimate of drug-likeness (QED) is 0.757. The van der Waals surface area contributed by atoms with Crippen LogP contribution < -0.4 is 11.5 Å². The SMILES string of the molecule is CC(C)n1nc(-c2cc(-c3ccccn3)on2)c(C(N)=O)c1N. The zero-order valence-electron chi connectivity index (χ0n) is 12.7. The largest absolute Gasteiger partial charge is 0.383 e. The minimum Gasteiger partial charge on any atom is -0.383 e. The second-order valence-corrected chi connectivity index (χ2v) is 5.30. The number of nitrogens with two attached hydrogens (primary N) is 2. The molecule has 23 heavy (non-hydrogen) atoms. The molecular formula is C15H16N6O2. The molecule has 0 aromatic carbocycles. The zero-order valence-corrected chi connectivity index (χ0v) is 12.7. The molecule has 0 saturated carbocycles. The summed E-state index contributed by atoms with van der Waals surface area (Å²) in [4.78, 5) is 15.9. The van der Waals surface area contributed by atoms with E-state index in [1.807, 2.05) is 19.9 Å². The second-order valence-electron chi connectivity index (χ2n) is 5.30. The second kappa shape index (κ2) is 5.56. The summed E-state index contributed by atoms with van der Waals surface area (Å²) < 4.78 is 6.83. The predicted octanol–water partition coefficient (Wildman–Crippen LogP) is 1.86. The van der Waals surface area contributed by atoms with Gasteiger partial charge in [0.05, 0.1) is 0 Å². The van der Waals surface area contributed by atoms with Crippen LogP contribution in [0.3, 0.4) is 0 Å². The number of hydrogen-bond donors (Lipinski definition) is 2. The van der Waals surface area contributed by atoms with E-state index >= 15 is 0 Å². The van der Waals surface area contributed by atoms with E-state index in [2.05, 4.69) is 15.2 Å². The van der Waals surface area contributed by atoms with Crippen molar-refractivity contribution in [3.8, 4) is 22.8 Å². The average molecular weight is 312 g/mol. The number of nitrogen functional groups attached to an aromatic ring is 1. The molecule has 0 radical (unpaired) electrons. The van der Waals surface area contributed by atoms with Crippen molar-refractivity contribution >= 4 is 11.7 Å². The van der Waals surface area contributed by atoms with Crippen molar-refractivity contribution in [2.24, 2.45) is 5.73 Å². The summed E-state index contributed by atoms with van der Waals surface area (Å²) in [5.74, 6) is 0.0189. The van der Waals surface area contributed by atoms with Gasteiger partial charge in [-0.05, 0) is 26.0 Å². The van der Waals surface area contributed by atoms with Gasteiger partial charge in [0.25, 0.3) is 5.91 Å². The van der Waals surface area contributed by atoms with Crippen LogP contribution in [0.1, 0.15) is 30.2 Å². The molecule has 1 amide bonds. The molecule has 0 bridgehead atoms. The Morgan fingerprint density at radius 2 is 2.09 bits per heavy atom. The first-order valence-electron chi connectivity index (χ1n) is 7.05. The van der Waals surface area contributed by atoms with E-state index in [4.69, 9.17) is 16.0 Å². The molecule has 0 aliphatic carbocycles. The lowest BCUT2D eigenvalue weighted by molar-refractivity contribution is 0.100. The fourth-order valence-corrected chi connectivity index (χ4v) is 2.28. The van der Waals surface area contributed by atoms with Crippen LogP contribution in [0.15, 0.2) is 35.0 Å². The van der Waals surface area contributed by atoms with Crippen molar-refractivity contribution in [2.45, 2.75) is 19.9 Å². The first-order chi connectivity index (χ1) is 11.0. The van der Waals surface area contributed by atoms with Gasteiger partial charge in [-0.25, -0.2) is 4.68 Å². The standard InChI is InChI=1S/C15H16N6O2/c1-8(2)21-14(16)12(15(17)22)13(19-21)10-7-11(23-20-10)9-5-3-4-6-18-9/h3-8H,16H2,1-2H3,(H2,17,22). The van der Waals surface area contributed by atoms with Gasteiger partial charge >= 0.3 is 0 Å². The molecule has 3 rings (SSSR count). The van der Waals surface area contributed by atoms with Crippen molar-refractivity contribution in [3.05, 3.63) is 36.0 Å². The lowest BCUT2D eigenvalue weighted by Crippen LogP contribution is -2.15. The van der Waals surface area contributed by atoms with Gasteiger partial charge in [-0.2, -0.15) is 5.10 Å². The molecule has 0 aliphatic rings. The fourth-order valence-electron chi connectivity index (χ4n) is 2.28. The van der Waals surface area contributed by atoms with E-state index in [1.165, 1.54) is 4.68 Å². The van der Waals surface area contributed by atoms with E-state index in [-0.39, 0.29) is 17.4 Å². The number of carbonyl (C=O) groups is 1. The van der Waals surface area contributed by atoms with Crippen LogP contribution in [-0.2, 0) is 0 Å². The summed E-state index contributed by atoms with van der Waals surface area (Å²) in [6, 6.07) is 7.06. The molecule has 118 valence electrons. The number of rotatable bonds is 4. The number of anilines is 1. The first kappa shape index (κ1) is 14.8. The van der Waals surface area contributed by atoms with Crippen LogP contribution >= 0.6 is 0 Å². The summed E-state index contributed by atoms with van der Waals surface area (Å²) in [5.41, 5.74) is 12.9. The monoisotopic (exact) mass is 312 g/mol. The number of hydrogen-bond acceptors (Lipinski definition) is 6. The Morgan fingerprint density at radius 3 is 2.70 bits per heavy atom. The van der Waals surface area contributed by atoms with Gasteiger partial charge in [-0.1, -0.05) is 11.2 Å². The molecule has 0 atom stereocenters. The minimum atomic E-state index is -0.660. The van der Waals surface area contributed by atoms with Crippen molar-refractivity contribution in [3.63, 3.8) is 0 Å². The van der Waals surface area contributed by atoms with Crippen LogP contribution in [0.5, 0.6) is 0 Å². The molecule has 3 aromatic rings. The first-order valence-corrected chi connectivity index (χ1v) is 7.05. The molecule has 8 heteroatoms. The van der Waals surface area contributed by atoms with Crippen molar-refractivity contribution in [1.82, 2.24) is 19.9 Å². The Labute approximate surface area is 132 Å². The van der Waals surface area contributed by atoms with E-state index in [0.29, 0.717) is 22.8 Å². The summed E-state index contributed by atoms with van der Waals surface area (Å²) in [7, 11) is 0. The molecule has 0 spiro atoms. The van der Waals surface area contributed by atoms with Gasteiger partial charge < -0.3 is 16.0 Å². The highest BCUT2D eigenvalue weighted by atomic mass is 16.5. The maximum atomic E-state index is 11.7. The molecule has 8 nitrogen and oxygen atoms in total. The highest BCUT2D eigenvalue weighted by Crippen LogP contribution is 2.30. The Balaban J connectivity index is 2.11. The van der Waals surface area contributed by atoms with Crippen LogP contribution in [0.4, 0.5) is 5.82 Å². The van der Waals surface area contributed by atoms with Crippen LogP contribution in [-0.4, -0.2) is 25.8 Å². The third-order valence-corrected chi connectivity index (χ3v) is 3.35. The molecule has 0 unspecified atom stereocenters. The molecule has 4 N–H and O–H groups in total. The maximum absolute atomic E-state index is 11.7. The highest BCUT2D eigenvalue weighted by molar-refractivity contribution is 6.03. The summed E-state index contributed by atoms with van der Waals surface area (Å²) in [5, 5.41) is 8.32. The Bertz CT molecular complexity index is 850. The van der Waals surface area contributed by atoms with Crippen LogP contribution in [0, 0.1) is 0 Å². The number of aromatic nitrogens is 4. The smallest absolute Gasteiger partial charge is 0.254 e. The predicted molar refractivity (Wildman–Crippen MR) is 84.3 cm³/mol. The number of nitrogens with zero attached hydrogens (tertiary/aromatic N) is 4. The van der Waals surface area contributed by atoms with E-state index in [9.17, 15) is 4.79 Å². The average Bonchev–Trinajstić information content (AvgIpc) is 3.12. The van der Waals surface area contributed by atoms with E-state index < -0.39 is 5.91 Å². The molecule has 0 fully saturated rings. The molecule has 3 heterocycles. The van der Waals surface area contributed by atoms with Gasteiger partial charge in [0, 0.05) is 18.3 Å². The van der Waals surface area contributed by atoms with E-state index in [0.717, 1.165) is 0 Å². The number of amides is 1. The third-order valence-electron chi connectivity index (χ3n) is 3.35. The van der Waals surface area contributed by atoms with Gasteiger partial charge in [0.1, 0.15) is 28.5 Å². The fraction of sp³-hybridized carbons (Fsp3) is 0.200. The van der Waals surface area contributed by atoms with Crippen molar-refractivity contribution in [2.75, 3.05) is 5.73 Å². The molecule has 3 aromatic heterocycles. The molecule has 0 saturated heterocycles. The molecule has 0 aliphatic heterocycles. The summed E-state index contributed by atoms with van der Waals surface area (Å²) >= 11 is 0. The van der Waals surface area contributed by atoms with Crippen molar-refractivity contribution < 1.29 is 9.32 Å². The van der Waals surface area contributed by atoms with Gasteiger partial charge in [0.15, 0.2) is 5.76 Å². The highest BCUT2D eigenvalue weighted by Gasteiger charge is 2.25. The normalized spacial score (nSPS) is 11.1. The summed E-state index contributed by atoms with van der Waals surface area (Å²) in [6.45, 7) is 3.81. The Hall–Kier alpha value is -3.16.